The molecule has 0 bridgehead atoms. The molecular weight excluding hydrogens is 313 g/mol. The highest BCUT2D eigenvalue weighted by Gasteiger charge is 2.26. The number of rotatable bonds is 4. The number of hydrogen-bond donors (Lipinski definition) is 2. The third-order valence-corrected chi connectivity index (χ3v) is 2.94. The first-order valence-electron chi connectivity index (χ1n) is 5.11. The van der Waals surface area contributed by atoms with Crippen molar-refractivity contribution in [1.82, 2.24) is 5.32 Å². The number of amides is 1. The zero-order valence-electron chi connectivity index (χ0n) is 9.57. The van der Waals surface area contributed by atoms with Crippen LogP contribution in [0, 0.1) is 6.92 Å². The number of hydrogen-bond acceptors (Lipinski definition) is 2. The Hall–Kier alpha value is -1.08. The molecule has 0 saturated carbocycles. The molecule has 0 spiro atoms. The van der Waals surface area contributed by atoms with Gasteiger partial charge in [0.25, 0.3) is 0 Å². The molecule has 18 heavy (non-hydrogen) atoms. The molecule has 1 aromatic rings. The van der Waals surface area contributed by atoms with Gasteiger partial charge in [0.15, 0.2) is 0 Å². The van der Waals surface area contributed by atoms with E-state index < -0.39 is 18.6 Å². The monoisotopic (exact) mass is 324 g/mol. The Balaban J connectivity index is 2.42. The lowest BCUT2D eigenvalue weighted by atomic mass is 10.2. The number of anilines is 1. The van der Waals surface area contributed by atoms with Crippen LogP contribution in [0.1, 0.15) is 5.56 Å². The molecule has 3 nitrogen and oxygen atoms in total. The lowest BCUT2D eigenvalue weighted by molar-refractivity contribution is -0.126. The van der Waals surface area contributed by atoms with Crippen LogP contribution in [-0.4, -0.2) is 25.2 Å². The summed E-state index contributed by atoms with van der Waals surface area (Å²) in [5.41, 5.74) is 1.48. The van der Waals surface area contributed by atoms with E-state index in [0.29, 0.717) is 5.69 Å². The molecule has 1 aromatic carbocycles. The van der Waals surface area contributed by atoms with E-state index in [4.69, 9.17) is 0 Å². The predicted molar refractivity (Wildman–Crippen MR) is 66.4 cm³/mol. The van der Waals surface area contributed by atoms with Gasteiger partial charge in [0, 0.05) is 10.2 Å². The lowest BCUT2D eigenvalue weighted by Gasteiger charge is -2.09. The molecule has 0 saturated heterocycles. The van der Waals surface area contributed by atoms with Crippen LogP contribution in [0.3, 0.4) is 0 Å². The number of benzene rings is 1. The molecular formula is C11H12BrF3N2O. The fourth-order valence-electron chi connectivity index (χ4n) is 1.25. The summed E-state index contributed by atoms with van der Waals surface area (Å²) >= 11 is 3.31. The van der Waals surface area contributed by atoms with Gasteiger partial charge >= 0.3 is 6.18 Å². The van der Waals surface area contributed by atoms with Gasteiger partial charge in [-0.05, 0) is 30.7 Å². The summed E-state index contributed by atoms with van der Waals surface area (Å²) in [4.78, 5) is 11.3. The van der Waals surface area contributed by atoms with E-state index in [1.54, 1.807) is 18.2 Å². The Morgan fingerprint density at radius 3 is 2.61 bits per heavy atom. The lowest BCUT2D eigenvalue weighted by Crippen LogP contribution is -2.35. The van der Waals surface area contributed by atoms with Gasteiger partial charge in [-0.25, -0.2) is 0 Å². The maximum atomic E-state index is 11.8. The summed E-state index contributed by atoms with van der Waals surface area (Å²) in [5, 5.41) is 4.53. The minimum absolute atomic E-state index is 0.380. The molecule has 1 rings (SSSR count). The molecule has 100 valence electrons. The molecule has 7 heteroatoms. The fraction of sp³-hybridized carbons (Fsp3) is 0.364. The molecule has 0 aliphatic heterocycles. The van der Waals surface area contributed by atoms with Crippen molar-refractivity contribution in [3.63, 3.8) is 0 Å². The first kappa shape index (κ1) is 15.0. The largest absolute Gasteiger partial charge is 0.401 e. The first-order valence-corrected chi connectivity index (χ1v) is 5.91. The van der Waals surface area contributed by atoms with Gasteiger partial charge in [0.2, 0.25) is 5.91 Å². The fourth-order valence-corrected chi connectivity index (χ4v) is 1.49. The predicted octanol–water partition coefficient (Wildman–Crippen LogP) is 2.85. The van der Waals surface area contributed by atoms with Crippen molar-refractivity contribution in [2.45, 2.75) is 13.1 Å². The number of nitrogens with one attached hydrogen (secondary N) is 2. The quantitative estimate of drug-likeness (QED) is 0.894. The van der Waals surface area contributed by atoms with Gasteiger partial charge in [-0.15, -0.1) is 0 Å². The summed E-state index contributed by atoms with van der Waals surface area (Å²) in [6, 6.07) is 5.15. The van der Waals surface area contributed by atoms with Crippen LogP contribution in [0.15, 0.2) is 22.7 Å². The molecule has 0 aromatic heterocycles. The van der Waals surface area contributed by atoms with Crippen molar-refractivity contribution in [3.8, 4) is 0 Å². The van der Waals surface area contributed by atoms with Crippen molar-refractivity contribution >= 4 is 27.5 Å². The third-order valence-electron chi connectivity index (χ3n) is 2.05. The van der Waals surface area contributed by atoms with E-state index in [-0.39, 0.29) is 6.54 Å². The van der Waals surface area contributed by atoms with Crippen LogP contribution in [-0.2, 0) is 4.79 Å². The van der Waals surface area contributed by atoms with Gasteiger partial charge in [0.1, 0.15) is 0 Å². The molecule has 1 amide bonds. The van der Waals surface area contributed by atoms with Crippen LogP contribution >= 0.6 is 15.9 Å². The summed E-state index contributed by atoms with van der Waals surface area (Å²) < 4.78 is 36.4. The Morgan fingerprint density at radius 2 is 2.06 bits per heavy atom. The molecule has 0 radical (unpaired) electrons. The van der Waals surface area contributed by atoms with E-state index in [1.807, 2.05) is 12.2 Å². The number of carbonyl (C=O) groups excluding carboxylic acids is 1. The first-order chi connectivity index (χ1) is 8.28. The Labute approximate surface area is 111 Å². The second-order valence-electron chi connectivity index (χ2n) is 3.73. The molecule has 0 heterocycles. The standard InChI is InChI=1S/C11H12BrF3N2O/c1-7-4-8(2-3-9(7)12)17-10(18)5-16-6-11(13,14)15/h2-4,16H,5-6H2,1H3,(H,17,18). The van der Waals surface area contributed by atoms with Crippen molar-refractivity contribution in [1.29, 1.82) is 0 Å². The van der Waals surface area contributed by atoms with Crippen molar-refractivity contribution in [2.75, 3.05) is 18.4 Å². The highest BCUT2D eigenvalue weighted by atomic mass is 79.9. The molecule has 2 N–H and O–H groups in total. The Kier molecular flexibility index (Phi) is 5.15. The van der Waals surface area contributed by atoms with Crippen LogP contribution in [0.4, 0.5) is 18.9 Å². The minimum Gasteiger partial charge on any atom is -0.325 e. The third kappa shape index (κ3) is 5.50. The van der Waals surface area contributed by atoms with Gasteiger partial charge in [-0.3, -0.25) is 4.79 Å². The van der Waals surface area contributed by atoms with Crippen LogP contribution in [0.25, 0.3) is 0 Å². The summed E-state index contributed by atoms with van der Waals surface area (Å²) in [6.45, 7) is 0.288. The average Bonchev–Trinajstić information content (AvgIpc) is 2.21. The van der Waals surface area contributed by atoms with Crippen molar-refractivity contribution in [2.24, 2.45) is 0 Å². The maximum Gasteiger partial charge on any atom is 0.401 e. The maximum absolute atomic E-state index is 11.8. The van der Waals surface area contributed by atoms with Crippen LogP contribution < -0.4 is 10.6 Å². The summed E-state index contributed by atoms with van der Waals surface area (Å²) in [7, 11) is 0. The number of carbonyl (C=O) groups is 1. The molecule has 0 aliphatic carbocycles. The van der Waals surface area contributed by atoms with Crippen molar-refractivity contribution < 1.29 is 18.0 Å². The smallest absolute Gasteiger partial charge is 0.325 e. The molecule has 0 atom stereocenters. The van der Waals surface area contributed by atoms with Crippen molar-refractivity contribution in [3.05, 3.63) is 28.2 Å². The van der Waals surface area contributed by atoms with Crippen LogP contribution in [0.2, 0.25) is 0 Å². The Bertz CT molecular complexity index is 435. The van der Waals surface area contributed by atoms with E-state index in [0.717, 1.165) is 10.0 Å². The molecule has 0 fully saturated rings. The van der Waals surface area contributed by atoms with E-state index in [2.05, 4.69) is 21.2 Å². The average molecular weight is 325 g/mol. The summed E-state index contributed by atoms with van der Waals surface area (Å²) in [6.07, 6.45) is -4.31. The normalized spacial score (nSPS) is 11.4. The van der Waals surface area contributed by atoms with Crippen LogP contribution in [0.5, 0.6) is 0 Å². The van der Waals surface area contributed by atoms with Gasteiger partial charge < -0.3 is 10.6 Å². The van der Waals surface area contributed by atoms with Gasteiger partial charge in [0.05, 0.1) is 13.1 Å². The molecule has 0 unspecified atom stereocenters. The number of aryl methyl sites for hydroxylation is 1. The summed E-state index contributed by atoms with van der Waals surface area (Å²) in [5.74, 6) is -0.513. The second kappa shape index (κ2) is 6.19. The highest BCUT2D eigenvalue weighted by molar-refractivity contribution is 9.10. The number of halogens is 4. The molecule has 0 aliphatic rings. The second-order valence-corrected chi connectivity index (χ2v) is 4.59. The van der Waals surface area contributed by atoms with Gasteiger partial charge in [-0.2, -0.15) is 13.2 Å². The SMILES string of the molecule is Cc1cc(NC(=O)CNCC(F)(F)F)ccc1Br. The van der Waals surface area contributed by atoms with E-state index >= 15 is 0 Å². The number of alkyl halides is 3. The Morgan fingerprint density at radius 1 is 1.39 bits per heavy atom. The van der Waals surface area contributed by atoms with Gasteiger partial charge in [-0.1, -0.05) is 15.9 Å². The van der Waals surface area contributed by atoms with E-state index in [9.17, 15) is 18.0 Å². The highest BCUT2D eigenvalue weighted by Crippen LogP contribution is 2.19. The minimum atomic E-state index is -4.31. The topological polar surface area (TPSA) is 41.1 Å². The van der Waals surface area contributed by atoms with E-state index in [1.165, 1.54) is 0 Å². The zero-order chi connectivity index (χ0) is 13.8. The zero-order valence-corrected chi connectivity index (χ0v) is 11.2.